The van der Waals surface area contributed by atoms with Crippen molar-refractivity contribution in [3.63, 3.8) is 0 Å². The molecule has 2 aromatic carbocycles. The standard InChI is InChI=1S/C14H9F4NO/c1-7-2-3-9(10(15)4-7)14(20)19-8-5-11(16)13(18)12(17)6-8/h2-6H,1H3,(H,19,20). The van der Waals surface area contributed by atoms with Crippen LogP contribution in [0.2, 0.25) is 0 Å². The molecule has 0 aliphatic heterocycles. The number of hydrogen-bond acceptors (Lipinski definition) is 1. The number of benzene rings is 2. The van der Waals surface area contributed by atoms with Gasteiger partial charge in [0.15, 0.2) is 17.5 Å². The van der Waals surface area contributed by atoms with E-state index in [1.54, 1.807) is 6.92 Å². The predicted molar refractivity (Wildman–Crippen MR) is 65.4 cm³/mol. The molecule has 0 spiro atoms. The highest BCUT2D eigenvalue weighted by Crippen LogP contribution is 2.19. The van der Waals surface area contributed by atoms with E-state index < -0.39 is 29.2 Å². The number of halogens is 4. The topological polar surface area (TPSA) is 29.1 Å². The van der Waals surface area contributed by atoms with E-state index in [2.05, 4.69) is 5.32 Å². The van der Waals surface area contributed by atoms with Crippen molar-refractivity contribution in [2.45, 2.75) is 6.92 Å². The fraction of sp³-hybridized carbons (Fsp3) is 0.0714. The Kier molecular flexibility index (Phi) is 3.74. The van der Waals surface area contributed by atoms with Crippen LogP contribution in [-0.4, -0.2) is 5.91 Å². The van der Waals surface area contributed by atoms with Crippen LogP contribution in [0.4, 0.5) is 23.2 Å². The molecule has 0 saturated heterocycles. The lowest BCUT2D eigenvalue weighted by Crippen LogP contribution is -2.14. The summed E-state index contributed by atoms with van der Waals surface area (Å²) < 4.78 is 52.3. The average Bonchev–Trinajstić information content (AvgIpc) is 2.35. The number of carbonyl (C=O) groups is 1. The number of rotatable bonds is 2. The van der Waals surface area contributed by atoms with Gasteiger partial charge in [-0.15, -0.1) is 0 Å². The third kappa shape index (κ3) is 2.79. The van der Waals surface area contributed by atoms with Gasteiger partial charge >= 0.3 is 0 Å². The Morgan fingerprint density at radius 3 is 2.10 bits per heavy atom. The average molecular weight is 283 g/mol. The molecule has 0 saturated carbocycles. The Balaban J connectivity index is 2.28. The molecule has 1 amide bonds. The maximum atomic E-state index is 13.6. The van der Waals surface area contributed by atoms with Crippen molar-refractivity contribution in [1.82, 2.24) is 0 Å². The van der Waals surface area contributed by atoms with Crippen LogP contribution in [0.1, 0.15) is 15.9 Å². The third-order valence-corrected chi connectivity index (χ3v) is 2.61. The molecule has 2 rings (SSSR count). The minimum Gasteiger partial charge on any atom is -0.322 e. The van der Waals surface area contributed by atoms with E-state index in [0.29, 0.717) is 17.7 Å². The normalized spacial score (nSPS) is 10.4. The highest BCUT2D eigenvalue weighted by atomic mass is 19.2. The number of carbonyl (C=O) groups excluding carboxylic acids is 1. The van der Waals surface area contributed by atoms with Crippen LogP contribution in [0.25, 0.3) is 0 Å². The van der Waals surface area contributed by atoms with Gasteiger partial charge in [0, 0.05) is 17.8 Å². The van der Waals surface area contributed by atoms with Gasteiger partial charge in [-0.05, 0) is 24.6 Å². The van der Waals surface area contributed by atoms with Crippen LogP contribution in [0.15, 0.2) is 30.3 Å². The van der Waals surface area contributed by atoms with E-state index in [9.17, 15) is 22.4 Å². The first-order valence-corrected chi connectivity index (χ1v) is 5.60. The second kappa shape index (κ2) is 5.32. The third-order valence-electron chi connectivity index (χ3n) is 2.61. The minimum atomic E-state index is -1.63. The second-order valence-electron chi connectivity index (χ2n) is 4.19. The van der Waals surface area contributed by atoms with Crippen molar-refractivity contribution in [3.05, 3.63) is 64.7 Å². The largest absolute Gasteiger partial charge is 0.322 e. The molecule has 6 heteroatoms. The smallest absolute Gasteiger partial charge is 0.258 e. The quantitative estimate of drug-likeness (QED) is 0.659. The van der Waals surface area contributed by atoms with Crippen molar-refractivity contribution in [1.29, 1.82) is 0 Å². The monoisotopic (exact) mass is 283 g/mol. The minimum absolute atomic E-state index is 0.277. The highest BCUT2D eigenvalue weighted by Gasteiger charge is 2.15. The maximum absolute atomic E-state index is 13.6. The number of amides is 1. The molecule has 0 bridgehead atoms. The zero-order valence-electron chi connectivity index (χ0n) is 10.3. The molecule has 20 heavy (non-hydrogen) atoms. The molecule has 2 aromatic rings. The molecule has 0 atom stereocenters. The molecule has 0 radical (unpaired) electrons. The van der Waals surface area contributed by atoms with Gasteiger partial charge in [-0.1, -0.05) is 6.07 Å². The molecule has 0 fully saturated rings. The van der Waals surface area contributed by atoms with Crippen LogP contribution in [0.5, 0.6) is 0 Å². The number of hydrogen-bond donors (Lipinski definition) is 1. The molecule has 0 aliphatic carbocycles. The fourth-order valence-corrected chi connectivity index (χ4v) is 1.63. The summed E-state index contributed by atoms with van der Waals surface area (Å²) in [7, 11) is 0. The lowest BCUT2D eigenvalue weighted by molar-refractivity contribution is 0.102. The zero-order valence-corrected chi connectivity index (χ0v) is 10.3. The Morgan fingerprint density at radius 2 is 1.55 bits per heavy atom. The summed E-state index contributed by atoms with van der Waals surface area (Å²) in [5, 5.41) is 2.10. The van der Waals surface area contributed by atoms with Crippen LogP contribution in [-0.2, 0) is 0 Å². The first-order valence-electron chi connectivity index (χ1n) is 5.60. The Bertz CT molecular complexity index is 662. The lowest BCUT2D eigenvalue weighted by Gasteiger charge is -2.07. The summed E-state index contributed by atoms with van der Waals surface area (Å²) in [5.41, 5.74) is 0.0463. The van der Waals surface area contributed by atoms with Gasteiger partial charge in [0.25, 0.3) is 5.91 Å². The van der Waals surface area contributed by atoms with E-state index in [0.717, 1.165) is 6.07 Å². The first-order chi connectivity index (χ1) is 9.38. The molecule has 1 N–H and O–H groups in total. The van der Waals surface area contributed by atoms with E-state index >= 15 is 0 Å². The molecule has 2 nitrogen and oxygen atoms in total. The molecule has 0 unspecified atom stereocenters. The molecule has 104 valence electrons. The van der Waals surface area contributed by atoms with Crippen LogP contribution in [0, 0.1) is 30.2 Å². The lowest BCUT2D eigenvalue weighted by atomic mass is 10.1. The van der Waals surface area contributed by atoms with E-state index in [1.165, 1.54) is 12.1 Å². The summed E-state index contributed by atoms with van der Waals surface area (Å²) >= 11 is 0. The molecule has 0 aliphatic rings. The van der Waals surface area contributed by atoms with Crippen molar-refractivity contribution in [2.75, 3.05) is 5.32 Å². The van der Waals surface area contributed by atoms with Crippen molar-refractivity contribution in [2.24, 2.45) is 0 Å². The first kappa shape index (κ1) is 14.0. The van der Waals surface area contributed by atoms with E-state index in [1.807, 2.05) is 0 Å². The number of anilines is 1. The number of nitrogens with one attached hydrogen (secondary N) is 1. The van der Waals surface area contributed by atoms with Crippen LogP contribution < -0.4 is 5.32 Å². The van der Waals surface area contributed by atoms with Crippen LogP contribution >= 0.6 is 0 Å². The maximum Gasteiger partial charge on any atom is 0.258 e. The summed E-state index contributed by atoms with van der Waals surface area (Å²) in [5.74, 6) is -6.16. The number of aryl methyl sites for hydroxylation is 1. The van der Waals surface area contributed by atoms with Gasteiger partial charge in [-0.25, -0.2) is 17.6 Å². The second-order valence-corrected chi connectivity index (χ2v) is 4.19. The Morgan fingerprint density at radius 1 is 0.950 bits per heavy atom. The molecular weight excluding hydrogens is 274 g/mol. The van der Waals surface area contributed by atoms with Crippen LogP contribution in [0.3, 0.4) is 0 Å². The molecule has 0 heterocycles. The van der Waals surface area contributed by atoms with Crippen molar-refractivity contribution in [3.8, 4) is 0 Å². The summed E-state index contributed by atoms with van der Waals surface area (Å²) in [6.07, 6.45) is 0. The molecular formula is C14H9F4NO. The Hall–Kier alpha value is -2.37. The van der Waals surface area contributed by atoms with Gasteiger partial charge < -0.3 is 5.32 Å². The SMILES string of the molecule is Cc1ccc(C(=O)Nc2cc(F)c(F)c(F)c2)c(F)c1. The highest BCUT2D eigenvalue weighted by molar-refractivity contribution is 6.04. The summed E-state index contributed by atoms with van der Waals surface area (Å²) in [6, 6.07) is 5.14. The Labute approximate surface area is 112 Å². The van der Waals surface area contributed by atoms with E-state index in [-0.39, 0.29) is 11.3 Å². The van der Waals surface area contributed by atoms with Gasteiger partial charge in [0.1, 0.15) is 5.82 Å². The zero-order chi connectivity index (χ0) is 14.9. The molecule has 0 aromatic heterocycles. The van der Waals surface area contributed by atoms with Gasteiger partial charge in [0.05, 0.1) is 5.56 Å². The van der Waals surface area contributed by atoms with E-state index in [4.69, 9.17) is 0 Å². The van der Waals surface area contributed by atoms with Gasteiger partial charge in [-0.2, -0.15) is 0 Å². The van der Waals surface area contributed by atoms with Gasteiger partial charge in [-0.3, -0.25) is 4.79 Å². The summed E-state index contributed by atoms with van der Waals surface area (Å²) in [4.78, 5) is 11.8. The van der Waals surface area contributed by atoms with Crippen molar-refractivity contribution < 1.29 is 22.4 Å². The predicted octanol–water partition coefficient (Wildman–Crippen LogP) is 3.80. The summed E-state index contributed by atoms with van der Waals surface area (Å²) in [6.45, 7) is 1.65. The fourth-order valence-electron chi connectivity index (χ4n) is 1.63. The van der Waals surface area contributed by atoms with Gasteiger partial charge in [0.2, 0.25) is 0 Å². The van der Waals surface area contributed by atoms with Crippen molar-refractivity contribution >= 4 is 11.6 Å².